The Morgan fingerprint density at radius 3 is 1.96 bits per heavy atom. The topological polar surface area (TPSA) is 46.2 Å². The Bertz CT molecular complexity index is 2060. The van der Waals surface area contributed by atoms with Crippen LogP contribution in [-0.4, -0.2) is 28.4 Å². The van der Waals surface area contributed by atoms with Gasteiger partial charge in [0.05, 0.1) is 28.4 Å². The maximum Gasteiger partial charge on any atom is 0.178 e. The summed E-state index contributed by atoms with van der Waals surface area (Å²) < 4.78 is 31.9. The third kappa shape index (κ3) is 3.77. The molecule has 5 aromatic rings. The summed E-state index contributed by atoms with van der Waals surface area (Å²) in [7, 11) is 6.99. The second-order valence-corrected chi connectivity index (χ2v) is 13.1. The van der Waals surface area contributed by atoms with Gasteiger partial charge in [-0.1, -0.05) is 73.2 Å². The molecule has 1 heterocycles. The van der Waals surface area contributed by atoms with Crippen molar-refractivity contribution in [1.29, 1.82) is 0 Å². The maximum atomic E-state index is 7.55. The largest absolute Gasteiger partial charge is 0.493 e. The molecule has 1 fully saturated rings. The van der Waals surface area contributed by atoms with E-state index >= 15 is 0 Å². The van der Waals surface area contributed by atoms with Gasteiger partial charge in [-0.3, -0.25) is 0 Å². The first-order valence-corrected chi connectivity index (χ1v) is 16.7. The molecule has 0 saturated heterocycles. The average molecular weight is 623 g/mol. The lowest BCUT2D eigenvalue weighted by Crippen LogP contribution is -2.35. The standard InChI is InChI=1S/C42H38O5/c1-43-33-22-31-26-16-11-17-27(26)35-30-20-21-42(24-12-7-5-8-13-24,25-14-9-6-10-15-25)47-39(30)32-23-34(44-2)41(46-4)29-19-18-28(40(33)45-3)36(31)38(35)37(29)32/h5-10,12-15,20-23,26-27H,11,16-19H2,1-4H3. The van der Waals surface area contributed by atoms with Crippen LogP contribution in [0, 0.1) is 0 Å². The minimum atomic E-state index is -0.798. The average Bonchev–Trinajstić information content (AvgIpc) is 3.56. The van der Waals surface area contributed by atoms with Crippen LogP contribution in [0.4, 0.5) is 0 Å². The Morgan fingerprint density at radius 1 is 0.681 bits per heavy atom. The highest BCUT2D eigenvalue weighted by atomic mass is 16.5. The SMILES string of the molecule is COc1cc2c3c(c1OC)CCc1c(OC)c(OC)cc4c5c(c(c-3c14)C1CCCC21)C=CC(c1ccccc1)(c1ccccc1)O5. The van der Waals surface area contributed by atoms with Crippen molar-refractivity contribution in [3.8, 4) is 39.9 Å². The van der Waals surface area contributed by atoms with Gasteiger partial charge in [-0.25, -0.2) is 0 Å². The molecule has 5 nitrogen and oxygen atoms in total. The molecule has 2 atom stereocenters. The molecule has 0 N–H and O–H groups in total. The van der Waals surface area contributed by atoms with E-state index in [9.17, 15) is 0 Å². The van der Waals surface area contributed by atoms with Gasteiger partial charge in [0.1, 0.15) is 5.75 Å². The summed E-state index contributed by atoms with van der Waals surface area (Å²) in [5.41, 5.74) is 10.3. The van der Waals surface area contributed by atoms with Gasteiger partial charge in [-0.15, -0.1) is 0 Å². The molecule has 0 spiro atoms. The smallest absolute Gasteiger partial charge is 0.178 e. The van der Waals surface area contributed by atoms with Crippen LogP contribution in [0.15, 0.2) is 78.9 Å². The van der Waals surface area contributed by atoms with Gasteiger partial charge < -0.3 is 23.7 Å². The molecule has 1 aliphatic heterocycles. The summed E-state index contributed by atoms with van der Waals surface area (Å²) >= 11 is 0. The van der Waals surface area contributed by atoms with Crippen molar-refractivity contribution in [2.75, 3.05) is 28.4 Å². The molecule has 0 amide bonds. The van der Waals surface area contributed by atoms with Gasteiger partial charge in [-0.05, 0) is 78.0 Å². The molecule has 0 aromatic heterocycles. The van der Waals surface area contributed by atoms with Gasteiger partial charge >= 0.3 is 0 Å². The highest BCUT2D eigenvalue weighted by Crippen LogP contribution is 2.64. The number of aryl methyl sites for hydroxylation is 1. The molecule has 5 aromatic carbocycles. The lowest BCUT2D eigenvalue weighted by Gasteiger charge is -2.41. The van der Waals surface area contributed by atoms with Crippen LogP contribution in [0.2, 0.25) is 0 Å². The van der Waals surface area contributed by atoms with Gasteiger partial charge in [0.25, 0.3) is 0 Å². The van der Waals surface area contributed by atoms with Crippen LogP contribution in [0.5, 0.6) is 28.7 Å². The van der Waals surface area contributed by atoms with E-state index in [1.807, 2.05) is 0 Å². The van der Waals surface area contributed by atoms with Crippen molar-refractivity contribution in [3.63, 3.8) is 0 Å². The number of fused-ring (bicyclic) bond motifs is 6. The zero-order valence-electron chi connectivity index (χ0n) is 27.3. The fourth-order valence-corrected chi connectivity index (χ4v) is 9.32. The molecule has 5 heteroatoms. The summed E-state index contributed by atoms with van der Waals surface area (Å²) in [4.78, 5) is 0. The third-order valence-corrected chi connectivity index (χ3v) is 11.2. The molecular weight excluding hydrogens is 584 g/mol. The highest BCUT2D eigenvalue weighted by Gasteiger charge is 2.46. The highest BCUT2D eigenvalue weighted by molar-refractivity contribution is 6.11. The Hall–Kier alpha value is -4.90. The molecule has 3 aliphatic carbocycles. The first kappa shape index (κ1) is 28.3. The van der Waals surface area contributed by atoms with Crippen molar-refractivity contribution in [1.82, 2.24) is 0 Å². The first-order valence-electron chi connectivity index (χ1n) is 16.7. The summed E-state index contributed by atoms with van der Waals surface area (Å²) in [6, 6.07) is 25.6. The first-order chi connectivity index (χ1) is 23.1. The van der Waals surface area contributed by atoms with Crippen LogP contribution in [0.25, 0.3) is 28.0 Å². The Balaban J connectivity index is 1.45. The molecule has 9 rings (SSSR count). The molecule has 0 radical (unpaired) electrons. The van der Waals surface area contributed by atoms with Gasteiger partial charge in [-0.2, -0.15) is 0 Å². The third-order valence-electron chi connectivity index (χ3n) is 11.2. The second kappa shape index (κ2) is 10.6. The number of benzene rings is 5. The zero-order valence-corrected chi connectivity index (χ0v) is 27.3. The van der Waals surface area contributed by atoms with Crippen LogP contribution in [0.1, 0.15) is 70.0 Å². The fourth-order valence-electron chi connectivity index (χ4n) is 9.32. The molecular formula is C42H38O5. The second-order valence-electron chi connectivity index (χ2n) is 13.1. The number of methoxy groups -OCH3 is 4. The van der Waals surface area contributed by atoms with E-state index in [2.05, 4.69) is 84.9 Å². The van der Waals surface area contributed by atoms with Crippen LogP contribution in [-0.2, 0) is 18.4 Å². The number of hydrogen-bond donors (Lipinski definition) is 0. The van der Waals surface area contributed by atoms with Crippen LogP contribution < -0.4 is 23.7 Å². The minimum Gasteiger partial charge on any atom is -0.493 e. The van der Waals surface area contributed by atoms with E-state index in [1.54, 1.807) is 28.4 Å². The van der Waals surface area contributed by atoms with Crippen molar-refractivity contribution < 1.29 is 23.7 Å². The minimum absolute atomic E-state index is 0.370. The molecule has 0 bridgehead atoms. The Morgan fingerprint density at radius 2 is 1.30 bits per heavy atom. The summed E-state index contributed by atoms with van der Waals surface area (Å²) in [5.74, 6) is 4.84. The molecule has 236 valence electrons. The molecule has 4 aliphatic rings. The summed E-state index contributed by atoms with van der Waals surface area (Å²) in [6.07, 6.45) is 9.68. The van der Waals surface area contributed by atoms with E-state index in [4.69, 9.17) is 23.7 Å². The van der Waals surface area contributed by atoms with E-state index < -0.39 is 5.60 Å². The zero-order chi connectivity index (χ0) is 31.9. The fraction of sp³-hybridized carbons (Fsp3) is 0.286. The van der Waals surface area contributed by atoms with Gasteiger partial charge in [0.2, 0.25) is 0 Å². The molecule has 47 heavy (non-hydrogen) atoms. The number of hydrogen-bond acceptors (Lipinski definition) is 5. The van der Waals surface area contributed by atoms with Crippen molar-refractivity contribution in [3.05, 3.63) is 118 Å². The quantitative estimate of drug-likeness (QED) is 0.189. The van der Waals surface area contributed by atoms with Gasteiger partial charge in [0, 0.05) is 38.6 Å². The van der Waals surface area contributed by atoms with E-state index in [1.165, 1.54) is 45.2 Å². The monoisotopic (exact) mass is 622 g/mol. The summed E-state index contributed by atoms with van der Waals surface area (Å²) in [6.45, 7) is 0. The van der Waals surface area contributed by atoms with Crippen molar-refractivity contribution in [2.45, 2.75) is 49.5 Å². The van der Waals surface area contributed by atoms with E-state index in [0.717, 1.165) is 70.8 Å². The predicted octanol–water partition coefficient (Wildman–Crippen LogP) is 9.35. The lowest BCUT2D eigenvalue weighted by atomic mass is 9.68. The predicted molar refractivity (Wildman–Crippen MR) is 186 cm³/mol. The number of ether oxygens (including phenoxy) is 5. The number of rotatable bonds is 6. The molecule has 2 unspecified atom stereocenters. The summed E-state index contributed by atoms with van der Waals surface area (Å²) in [5, 5.41) is 2.26. The Labute approximate surface area is 275 Å². The van der Waals surface area contributed by atoms with E-state index in [0.29, 0.717) is 17.6 Å². The normalized spacial score (nSPS) is 19.3. The van der Waals surface area contributed by atoms with Gasteiger partial charge in [0.15, 0.2) is 28.6 Å². The lowest BCUT2D eigenvalue weighted by molar-refractivity contribution is 0.163. The van der Waals surface area contributed by atoms with Crippen LogP contribution >= 0.6 is 0 Å². The maximum absolute atomic E-state index is 7.55. The van der Waals surface area contributed by atoms with E-state index in [-0.39, 0.29) is 0 Å². The Kier molecular flexibility index (Phi) is 6.37. The van der Waals surface area contributed by atoms with Crippen LogP contribution in [0.3, 0.4) is 0 Å². The van der Waals surface area contributed by atoms with Crippen molar-refractivity contribution in [2.24, 2.45) is 0 Å². The molecule has 1 saturated carbocycles. The van der Waals surface area contributed by atoms with Crippen molar-refractivity contribution >= 4 is 16.8 Å².